The van der Waals surface area contributed by atoms with Crippen molar-refractivity contribution in [3.63, 3.8) is 0 Å². The number of ether oxygens (including phenoxy) is 2. The minimum atomic E-state index is -0.0563. The highest BCUT2D eigenvalue weighted by Crippen LogP contribution is 2.39. The molecule has 2 heterocycles. The normalized spacial score (nSPS) is 16.5. The van der Waals surface area contributed by atoms with Gasteiger partial charge in [-0.05, 0) is 67.3 Å². The van der Waals surface area contributed by atoms with Crippen LogP contribution in [0.2, 0.25) is 0 Å². The van der Waals surface area contributed by atoms with Crippen LogP contribution in [0, 0.1) is 0 Å². The Hall–Kier alpha value is -2.79. The highest BCUT2D eigenvalue weighted by atomic mass is 16.5. The van der Waals surface area contributed by atoms with Crippen LogP contribution in [0.3, 0.4) is 0 Å². The molecule has 4 rings (SSSR count). The van der Waals surface area contributed by atoms with E-state index in [-0.39, 0.29) is 11.8 Å². The number of aromatic amines is 1. The molecular weight excluding hydrogens is 364 g/mol. The van der Waals surface area contributed by atoms with E-state index in [9.17, 15) is 4.79 Å². The fraction of sp³-hybridized carbons (Fsp3) is 0.375. The van der Waals surface area contributed by atoms with E-state index in [1.807, 2.05) is 36.4 Å². The summed E-state index contributed by atoms with van der Waals surface area (Å²) in [4.78, 5) is 16.5. The summed E-state index contributed by atoms with van der Waals surface area (Å²) in [5.74, 6) is 1.88. The van der Waals surface area contributed by atoms with Crippen molar-refractivity contribution in [3.05, 3.63) is 47.5 Å². The molecule has 0 saturated carbocycles. The maximum absolute atomic E-state index is 12.9. The van der Waals surface area contributed by atoms with E-state index in [1.54, 1.807) is 14.2 Å². The molecule has 1 aliphatic heterocycles. The molecule has 0 radical (unpaired) electrons. The third-order valence-electron chi connectivity index (χ3n) is 5.75. The SMILES string of the molecule is COc1ccc(-c2[nH]c3ccc(C(=O)C4CCCN4)cc3c2C(C)C)cc1OC. The molecule has 1 atom stereocenters. The Morgan fingerprint density at radius 3 is 2.52 bits per heavy atom. The second-order valence-corrected chi connectivity index (χ2v) is 7.91. The summed E-state index contributed by atoms with van der Waals surface area (Å²) in [6.07, 6.45) is 1.97. The molecule has 3 aromatic rings. The summed E-state index contributed by atoms with van der Waals surface area (Å²) in [5.41, 5.74) is 5.11. The zero-order chi connectivity index (χ0) is 20.5. The van der Waals surface area contributed by atoms with Gasteiger partial charge in [-0.25, -0.2) is 0 Å². The lowest BCUT2D eigenvalue weighted by atomic mass is 9.94. The van der Waals surface area contributed by atoms with Crippen molar-refractivity contribution >= 4 is 16.7 Å². The smallest absolute Gasteiger partial charge is 0.179 e. The summed E-state index contributed by atoms with van der Waals surface area (Å²) in [7, 11) is 3.28. The average molecular weight is 392 g/mol. The van der Waals surface area contributed by atoms with Crippen molar-refractivity contribution in [2.45, 2.75) is 38.6 Å². The molecule has 29 heavy (non-hydrogen) atoms. The van der Waals surface area contributed by atoms with Gasteiger partial charge in [0.1, 0.15) is 0 Å². The molecule has 5 nitrogen and oxygen atoms in total. The van der Waals surface area contributed by atoms with E-state index in [0.29, 0.717) is 17.4 Å². The van der Waals surface area contributed by atoms with Gasteiger partial charge in [0.15, 0.2) is 17.3 Å². The Kier molecular flexibility index (Phi) is 5.33. The number of H-pyrrole nitrogens is 1. The number of carbonyl (C=O) groups excluding carboxylic acids is 1. The summed E-state index contributed by atoms with van der Waals surface area (Å²) < 4.78 is 10.9. The van der Waals surface area contributed by atoms with Crippen molar-refractivity contribution in [2.24, 2.45) is 0 Å². The molecule has 0 bridgehead atoms. The number of carbonyl (C=O) groups is 1. The number of Topliss-reactive ketones (excluding diaryl/α,β-unsaturated/α-hetero) is 1. The van der Waals surface area contributed by atoms with Gasteiger partial charge in [0.2, 0.25) is 0 Å². The quantitative estimate of drug-likeness (QED) is 0.585. The third kappa shape index (κ3) is 3.51. The molecule has 0 spiro atoms. The molecule has 1 aliphatic rings. The van der Waals surface area contributed by atoms with Crippen molar-refractivity contribution in [3.8, 4) is 22.8 Å². The lowest BCUT2D eigenvalue weighted by molar-refractivity contribution is 0.0952. The van der Waals surface area contributed by atoms with Gasteiger partial charge in [-0.3, -0.25) is 4.79 Å². The number of rotatable bonds is 6. The van der Waals surface area contributed by atoms with Gasteiger partial charge in [-0.15, -0.1) is 0 Å². The molecule has 2 aromatic carbocycles. The standard InChI is InChI=1S/C24H28N2O3/c1-14(2)22-17-12-16(24(27)19-6-5-11-25-19)7-9-18(17)26-23(22)15-8-10-20(28-3)21(13-15)29-4/h7-10,12-14,19,25-26H,5-6,11H2,1-4H3. The van der Waals surface area contributed by atoms with Crippen LogP contribution in [0.25, 0.3) is 22.2 Å². The van der Waals surface area contributed by atoms with Crippen LogP contribution in [-0.2, 0) is 0 Å². The Balaban J connectivity index is 1.83. The fourth-order valence-electron chi connectivity index (χ4n) is 4.29. The Labute approximate surface area is 171 Å². The Morgan fingerprint density at radius 2 is 1.86 bits per heavy atom. The van der Waals surface area contributed by atoms with Gasteiger partial charge in [-0.1, -0.05) is 13.8 Å². The zero-order valence-electron chi connectivity index (χ0n) is 17.5. The first-order valence-electron chi connectivity index (χ1n) is 10.2. The van der Waals surface area contributed by atoms with Crippen molar-refractivity contribution in [1.29, 1.82) is 0 Å². The number of methoxy groups -OCH3 is 2. The molecule has 1 fully saturated rings. The number of hydrogen-bond acceptors (Lipinski definition) is 4. The number of fused-ring (bicyclic) bond motifs is 1. The number of benzene rings is 2. The average Bonchev–Trinajstić information content (AvgIpc) is 3.40. The van der Waals surface area contributed by atoms with Crippen LogP contribution < -0.4 is 14.8 Å². The summed E-state index contributed by atoms with van der Waals surface area (Å²) >= 11 is 0. The molecular formula is C24H28N2O3. The number of aromatic nitrogens is 1. The van der Waals surface area contributed by atoms with Gasteiger partial charge in [0, 0.05) is 22.0 Å². The van der Waals surface area contributed by atoms with Crippen molar-refractivity contribution in [2.75, 3.05) is 20.8 Å². The predicted octanol–water partition coefficient (Wildman–Crippen LogP) is 4.91. The third-order valence-corrected chi connectivity index (χ3v) is 5.75. The zero-order valence-corrected chi connectivity index (χ0v) is 17.5. The minimum absolute atomic E-state index is 0.0563. The maximum Gasteiger partial charge on any atom is 0.179 e. The van der Waals surface area contributed by atoms with Gasteiger partial charge in [-0.2, -0.15) is 0 Å². The lowest BCUT2D eigenvalue weighted by Crippen LogP contribution is -2.30. The van der Waals surface area contributed by atoms with E-state index in [4.69, 9.17) is 9.47 Å². The molecule has 152 valence electrons. The number of hydrogen-bond donors (Lipinski definition) is 2. The van der Waals surface area contributed by atoms with Crippen LogP contribution in [0.15, 0.2) is 36.4 Å². The van der Waals surface area contributed by atoms with E-state index >= 15 is 0 Å². The van der Waals surface area contributed by atoms with Crippen molar-refractivity contribution in [1.82, 2.24) is 10.3 Å². The summed E-state index contributed by atoms with van der Waals surface area (Å²) in [5, 5.41) is 4.42. The first kappa shape index (κ1) is 19.5. The topological polar surface area (TPSA) is 63.4 Å². The van der Waals surface area contributed by atoms with E-state index < -0.39 is 0 Å². The van der Waals surface area contributed by atoms with E-state index in [0.717, 1.165) is 47.1 Å². The molecule has 1 saturated heterocycles. The Morgan fingerprint density at radius 1 is 1.07 bits per heavy atom. The lowest BCUT2D eigenvalue weighted by Gasteiger charge is -2.12. The van der Waals surface area contributed by atoms with Crippen LogP contribution >= 0.6 is 0 Å². The van der Waals surface area contributed by atoms with Crippen LogP contribution in [-0.4, -0.2) is 37.6 Å². The van der Waals surface area contributed by atoms with Crippen LogP contribution in [0.5, 0.6) is 11.5 Å². The number of ketones is 1. The monoisotopic (exact) mass is 392 g/mol. The Bertz CT molecular complexity index is 1050. The molecule has 0 aliphatic carbocycles. The van der Waals surface area contributed by atoms with E-state index in [1.165, 1.54) is 5.56 Å². The molecule has 0 amide bonds. The van der Waals surface area contributed by atoms with Gasteiger partial charge < -0.3 is 19.8 Å². The first-order valence-corrected chi connectivity index (χ1v) is 10.2. The van der Waals surface area contributed by atoms with Crippen LogP contribution in [0.1, 0.15) is 48.5 Å². The molecule has 2 N–H and O–H groups in total. The fourth-order valence-corrected chi connectivity index (χ4v) is 4.29. The molecule has 5 heteroatoms. The van der Waals surface area contributed by atoms with E-state index in [2.05, 4.69) is 24.1 Å². The predicted molar refractivity (Wildman–Crippen MR) is 116 cm³/mol. The van der Waals surface area contributed by atoms with Gasteiger partial charge >= 0.3 is 0 Å². The minimum Gasteiger partial charge on any atom is -0.493 e. The largest absolute Gasteiger partial charge is 0.493 e. The molecule has 1 aromatic heterocycles. The van der Waals surface area contributed by atoms with Crippen molar-refractivity contribution < 1.29 is 14.3 Å². The number of nitrogens with one attached hydrogen (secondary N) is 2. The first-order chi connectivity index (χ1) is 14.0. The van der Waals surface area contributed by atoms with Gasteiger partial charge in [0.25, 0.3) is 0 Å². The van der Waals surface area contributed by atoms with Crippen LogP contribution in [0.4, 0.5) is 0 Å². The second-order valence-electron chi connectivity index (χ2n) is 7.91. The summed E-state index contributed by atoms with van der Waals surface area (Å²) in [6.45, 7) is 5.28. The highest BCUT2D eigenvalue weighted by molar-refractivity contribution is 6.04. The second kappa shape index (κ2) is 7.91. The van der Waals surface area contributed by atoms with Gasteiger partial charge in [0.05, 0.1) is 26.0 Å². The maximum atomic E-state index is 12.9. The summed E-state index contributed by atoms with van der Waals surface area (Å²) in [6, 6.07) is 11.9. The molecule has 1 unspecified atom stereocenters. The highest BCUT2D eigenvalue weighted by Gasteiger charge is 2.24.